The second-order valence-electron chi connectivity index (χ2n) is 7.84. The fraction of sp³-hybridized carbons (Fsp3) is 0.520. The minimum Gasteiger partial charge on any atom is -0.494 e. The zero-order chi connectivity index (χ0) is 22.0. The molecule has 31 heavy (non-hydrogen) atoms. The maximum atomic E-state index is 8.68. The average Bonchev–Trinajstić information content (AvgIpc) is 2.79. The molecular formula is C25H38N2O4. The van der Waals surface area contributed by atoms with Gasteiger partial charge in [0.25, 0.3) is 0 Å². The number of unbranched alkanes of at least 4 members (excludes halogenated alkanes) is 8. The van der Waals surface area contributed by atoms with E-state index in [9.17, 15) is 0 Å². The molecule has 4 N–H and O–H groups in total. The molecular weight excluding hydrogens is 392 g/mol. The molecule has 0 aromatic heterocycles. The number of ether oxygens (including phenoxy) is 2. The summed E-state index contributed by atoms with van der Waals surface area (Å²) in [5, 5.41) is 17.4. The van der Waals surface area contributed by atoms with Gasteiger partial charge in [0, 0.05) is 13.1 Å². The molecule has 172 valence electrons. The van der Waals surface area contributed by atoms with Gasteiger partial charge in [-0.25, -0.2) is 11.0 Å². The molecule has 0 amide bonds. The van der Waals surface area contributed by atoms with Gasteiger partial charge < -0.3 is 19.9 Å². The minimum absolute atomic E-state index is 0.452. The van der Waals surface area contributed by atoms with E-state index in [0.29, 0.717) is 13.1 Å². The average molecular weight is 431 g/mol. The van der Waals surface area contributed by atoms with Crippen molar-refractivity contribution < 1.29 is 19.9 Å². The smallest absolute Gasteiger partial charge is 0.119 e. The molecule has 0 aliphatic rings. The van der Waals surface area contributed by atoms with Gasteiger partial charge in [-0.1, -0.05) is 69.2 Å². The Morgan fingerprint density at radius 2 is 0.806 bits per heavy atom. The van der Waals surface area contributed by atoms with Crippen LogP contribution in [0.15, 0.2) is 48.5 Å². The van der Waals surface area contributed by atoms with Crippen LogP contribution in [0, 0.1) is 0 Å². The topological polar surface area (TPSA) is 83.0 Å². The lowest BCUT2D eigenvalue weighted by atomic mass is 10.1. The first kappa shape index (κ1) is 25.1. The van der Waals surface area contributed by atoms with Crippen molar-refractivity contribution in [3.8, 4) is 11.5 Å². The standard InChI is InChI=1S/C25H38N2O4/c28-26-20-22-10-14-24(15-11-22)30-18-8-6-4-2-1-3-5-7-9-19-31-25-16-12-23(13-17-25)21-27-29/h10-17,26-29H,1-9,18-21H2. The van der Waals surface area contributed by atoms with Crippen LogP contribution in [0.5, 0.6) is 11.5 Å². The van der Waals surface area contributed by atoms with Crippen molar-refractivity contribution in [2.75, 3.05) is 13.2 Å². The lowest BCUT2D eigenvalue weighted by Crippen LogP contribution is -2.05. The summed E-state index contributed by atoms with van der Waals surface area (Å²) in [5.74, 6) is 1.78. The number of rotatable bonds is 18. The Bertz CT molecular complexity index is 617. The Balaban J connectivity index is 1.35. The minimum atomic E-state index is 0.452. The van der Waals surface area contributed by atoms with Crippen LogP contribution in [-0.4, -0.2) is 23.6 Å². The molecule has 2 rings (SSSR count). The van der Waals surface area contributed by atoms with Gasteiger partial charge in [-0.3, -0.25) is 0 Å². The van der Waals surface area contributed by atoms with Gasteiger partial charge in [-0.2, -0.15) is 0 Å². The van der Waals surface area contributed by atoms with E-state index in [1.807, 2.05) is 48.5 Å². The predicted octanol–water partition coefficient (Wildman–Crippen LogP) is 5.61. The SMILES string of the molecule is ONCc1ccc(OCCCCCCCCCCCOc2ccc(CNO)cc2)cc1. The maximum Gasteiger partial charge on any atom is 0.119 e. The molecule has 0 unspecified atom stereocenters. The van der Waals surface area contributed by atoms with Crippen LogP contribution in [-0.2, 0) is 13.1 Å². The Morgan fingerprint density at radius 1 is 0.484 bits per heavy atom. The third-order valence-corrected chi connectivity index (χ3v) is 5.24. The van der Waals surface area contributed by atoms with Crippen LogP contribution in [0.4, 0.5) is 0 Å². The van der Waals surface area contributed by atoms with Crippen molar-refractivity contribution in [3.63, 3.8) is 0 Å². The van der Waals surface area contributed by atoms with Crippen LogP contribution in [0.3, 0.4) is 0 Å². The van der Waals surface area contributed by atoms with Crippen LogP contribution in [0.25, 0.3) is 0 Å². The fourth-order valence-corrected chi connectivity index (χ4v) is 3.41. The zero-order valence-corrected chi connectivity index (χ0v) is 18.5. The summed E-state index contributed by atoms with van der Waals surface area (Å²) in [7, 11) is 0. The molecule has 0 heterocycles. The molecule has 0 aliphatic heterocycles. The number of nitrogens with one attached hydrogen (secondary N) is 2. The van der Waals surface area contributed by atoms with Crippen LogP contribution in [0.2, 0.25) is 0 Å². The van der Waals surface area contributed by atoms with Gasteiger partial charge in [-0.05, 0) is 48.2 Å². The van der Waals surface area contributed by atoms with Crippen molar-refractivity contribution in [1.82, 2.24) is 11.0 Å². The van der Waals surface area contributed by atoms with Crippen LogP contribution >= 0.6 is 0 Å². The van der Waals surface area contributed by atoms with Gasteiger partial charge in [-0.15, -0.1) is 0 Å². The predicted molar refractivity (Wildman–Crippen MR) is 123 cm³/mol. The Kier molecular flexibility index (Phi) is 13.4. The van der Waals surface area contributed by atoms with Gasteiger partial charge in [0.1, 0.15) is 11.5 Å². The highest BCUT2D eigenvalue weighted by molar-refractivity contribution is 5.27. The highest BCUT2D eigenvalue weighted by Gasteiger charge is 1.98. The van der Waals surface area contributed by atoms with Gasteiger partial charge in [0.15, 0.2) is 0 Å². The summed E-state index contributed by atoms with van der Waals surface area (Å²) in [5.41, 5.74) is 6.37. The molecule has 6 nitrogen and oxygen atoms in total. The van der Waals surface area contributed by atoms with Gasteiger partial charge in [0.05, 0.1) is 13.2 Å². The Morgan fingerprint density at radius 3 is 1.13 bits per heavy atom. The number of hydrogen-bond acceptors (Lipinski definition) is 6. The van der Waals surface area contributed by atoms with Crippen molar-refractivity contribution in [1.29, 1.82) is 0 Å². The normalized spacial score (nSPS) is 10.9. The summed E-state index contributed by atoms with van der Waals surface area (Å²) in [4.78, 5) is 0. The van der Waals surface area contributed by atoms with E-state index < -0.39 is 0 Å². The third kappa shape index (κ3) is 11.7. The molecule has 0 radical (unpaired) electrons. The highest BCUT2D eigenvalue weighted by Crippen LogP contribution is 2.15. The van der Waals surface area contributed by atoms with Crippen molar-refractivity contribution >= 4 is 0 Å². The second kappa shape index (κ2) is 16.6. The van der Waals surface area contributed by atoms with E-state index >= 15 is 0 Å². The van der Waals surface area contributed by atoms with E-state index in [1.165, 1.54) is 44.9 Å². The summed E-state index contributed by atoms with van der Waals surface area (Å²) < 4.78 is 11.5. The molecule has 0 saturated heterocycles. The summed E-state index contributed by atoms with van der Waals surface area (Å²) in [6.07, 6.45) is 11.1. The van der Waals surface area contributed by atoms with E-state index in [2.05, 4.69) is 11.0 Å². The molecule has 0 bridgehead atoms. The summed E-state index contributed by atoms with van der Waals surface area (Å²) in [6, 6.07) is 15.6. The van der Waals surface area contributed by atoms with Crippen molar-refractivity contribution in [2.24, 2.45) is 0 Å². The highest BCUT2D eigenvalue weighted by atomic mass is 16.5. The lowest BCUT2D eigenvalue weighted by molar-refractivity contribution is 0.161. The molecule has 2 aromatic rings. The first-order valence-electron chi connectivity index (χ1n) is 11.5. The quantitative estimate of drug-likeness (QED) is 0.182. The summed E-state index contributed by atoms with van der Waals surface area (Å²) >= 11 is 0. The molecule has 6 heteroatoms. The first-order valence-corrected chi connectivity index (χ1v) is 11.5. The van der Waals surface area contributed by atoms with Gasteiger partial charge >= 0.3 is 0 Å². The Hall–Kier alpha value is -2.12. The number of hydroxylamine groups is 2. The number of hydrogen-bond donors (Lipinski definition) is 4. The van der Waals surface area contributed by atoms with Crippen LogP contribution in [0.1, 0.15) is 68.9 Å². The molecule has 0 saturated carbocycles. The Labute approximate surface area is 186 Å². The molecule has 0 spiro atoms. The molecule has 2 aromatic carbocycles. The summed E-state index contributed by atoms with van der Waals surface area (Å²) in [6.45, 7) is 2.43. The van der Waals surface area contributed by atoms with Crippen molar-refractivity contribution in [2.45, 2.75) is 70.9 Å². The first-order chi connectivity index (χ1) is 15.3. The monoisotopic (exact) mass is 430 g/mol. The molecule has 0 aliphatic carbocycles. The van der Waals surface area contributed by atoms with Gasteiger partial charge in [0.2, 0.25) is 0 Å². The maximum absolute atomic E-state index is 8.68. The second-order valence-corrected chi connectivity index (χ2v) is 7.84. The van der Waals surface area contributed by atoms with Crippen molar-refractivity contribution in [3.05, 3.63) is 59.7 Å². The lowest BCUT2D eigenvalue weighted by Gasteiger charge is -2.08. The number of benzene rings is 2. The fourth-order valence-electron chi connectivity index (χ4n) is 3.41. The zero-order valence-electron chi connectivity index (χ0n) is 18.5. The van der Waals surface area contributed by atoms with E-state index in [-0.39, 0.29) is 0 Å². The molecule has 0 fully saturated rings. The molecule has 0 atom stereocenters. The van der Waals surface area contributed by atoms with Crippen LogP contribution < -0.4 is 20.4 Å². The van der Waals surface area contributed by atoms with E-state index in [1.54, 1.807) is 0 Å². The van der Waals surface area contributed by atoms with E-state index in [4.69, 9.17) is 19.9 Å². The largest absolute Gasteiger partial charge is 0.494 e. The van der Waals surface area contributed by atoms with E-state index in [0.717, 1.165) is 48.7 Å². The third-order valence-electron chi connectivity index (χ3n) is 5.24.